The molecule has 1 aromatic heterocycles. The second-order valence-corrected chi connectivity index (χ2v) is 10.8. The molecule has 0 atom stereocenters. The summed E-state index contributed by atoms with van der Waals surface area (Å²) in [6.45, 7) is 10.5. The molecule has 0 unspecified atom stereocenters. The SMILES string of the molecule is CCOc1cc(C)c(-c2nc3ccccc3c(=O)n2N=Cc2cccc(OC)c2OCC(=O)N2CCOCC2)cc1C(C)C. The Morgan fingerprint density at radius 3 is 2.57 bits per heavy atom. The summed E-state index contributed by atoms with van der Waals surface area (Å²) in [6, 6.07) is 16.6. The molecule has 0 saturated carbocycles. The van der Waals surface area contributed by atoms with Crippen LogP contribution in [-0.4, -0.2) is 73.3 Å². The predicted octanol–water partition coefficient (Wildman–Crippen LogP) is 5.02. The van der Waals surface area contributed by atoms with Gasteiger partial charge in [0.2, 0.25) is 0 Å². The van der Waals surface area contributed by atoms with Crippen LogP contribution in [0.25, 0.3) is 22.3 Å². The summed E-state index contributed by atoms with van der Waals surface area (Å²) >= 11 is 0. The fourth-order valence-electron chi connectivity index (χ4n) is 5.18. The zero-order valence-corrected chi connectivity index (χ0v) is 25.8. The molecule has 1 amide bonds. The maximum atomic E-state index is 13.9. The minimum atomic E-state index is -0.311. The van der Waals surface area contributed by atoms with Gasteiger partial charge in [0.05, 0.1) is 44.0 Å². The number of para-hydroxylation sites is 2. The van der Waals surface area contributed by atoms with Gasteiger partial charge >= 0.3 is 0 Å². The van der Waals surface area contributed by atoms with Gasteiger partial charge < -0.3 is 23.8 Å². The van der Waals surface area contributed by atoms with Gasteiger partial charge in [0.15, 0.2) is 23.9 Å². The summed E-state index contributed by atoms with van der Waals surface area (Å²) in [6.07, 6.45) is 1.53. The summed E-state index contributed by atoms with van der Waals surface area (Å²) in [4.78, 5) is 33.3. The monoisotopic (exact) mass is 598 g/mol. The molecular formula is C34H38N4O6. The predicted molar refractivity (Wildman–Crippen MR) is 170 cm³/mol. The number of hydrogen-bond donors (Lipinski definition) is 0. The number of rotatable bonds is 10. The third-order valence-electron chi connectivity index (χ3n) is 7.52. The summed E-state index contributed by atoms with van der Waals surface area (Å²) in [5.41, 5.74) is 3.49. The van der Waals surface area contributed by atoms with Gasteiger partial charge in [-0.3, -0.25) is 9.59 Å². The van der Waals surface area contributed by atoms with Crippen LogP contribution in [-0.2, 0) is 9.53 Å². The van der Waals surface area contributed by atoms with Crippen molar-refractivity contribution in [1.82, 2.24) is 14.6 Å². The van der Waals surface area contributed by atoms with E-state index in [1.165, 1.54) is 18.0 Å². The number of ether oxygens (including phenoxy) is 4. The molecule has 10 nitrogen and oxygen atoms in total. The van der Waals surface area contributed by atoms with E-state index in [1.807, 2.05) is 38.1 Å². The molecule has 4 aromatic rings. The second-order valence-electron chi connectivity index (χ2n) is 10.8. The Hall–Kier alpha value is -4.70. The Morgan fingerprint density at radius 1 is 1.07 bits per heavy atom. The van der Waals surface area contributed by atoms with Crippen molar-refractivity contribution in [2.24, 2.45) is 5.10 Å². The van der Waals surface area contributed by atoms with E-state index >= 15 is 0 Å². The van der Waals surface area contributed by atoms with Crippen LogP contribution in [0.5, 0.6) is 17.2 Å². The van der Waals surface area contributed by atoms with Crippen LogP contribution in [0.2, 0.25) is 0 Å². The number of morpholine rings is 1. The number of amides is 1. The quantitative estimate of drug-likeness (QED) is 0.236. The van der Waals surface area contributed by atoms with Crippen molar-refractivity contribution in [2.45, 2.75) is 33.6 Å². The Morgan fingerprint density at radius 2 is 1.84 bits per heavy atom. The van der Waals surface area contributed by atoms with E-state index in [-0.39, 0.29) is 24.0 Å². The van der Waals surface area contributed by atoms with E-state index in [4.69, 9.17) is 23.9 Å². The summed E-state index contributed by atoms with van der Waals surface area (Å²) < 4.78 is 24.2. The lowest BCUT2D eigenvalue weighted by Crippen LogP contribution is -2.43. The van der Waals surface area contributed by atoms with E-state index in [9.17, 15) is 9.59 Å². The average Bonchev–Trinajstić information content (AvgIpc) is 3.03. The molecule has 44 heavy (non-hydrogen) atoms. The van der Waals surface area contributed by atoms with E-state index in [0.717, 1.165) is 22.4 Å². The fourth-order valence-corrected chi connectivity index (χ4v) is 5.18. The number of aryl methyl sites for hydroxylation is 1. The maximum absolute atomic E-state index is 13.9. The van der Waals surface area contributed by atoms with E-state index in [2.05, 4.69) is 18.9 Å². The molecule has 1 aliphatic heterocycles. The number of methoxy groups -OCH3 is 1. The highest BCUT2D eigenvalue weighted by atomic mass is 16.5. The van der Waals surface area contributed by atoms with Gasteiger partial charge in [-0.25, -0.2) is 4.98 Å². The summed E-state index contributed by atoms with van der Waals surface area (Å²) in [5.74, 6) is 2.04. The van der Waals surface area contributed by atoms with Gasteiger partial charge in [-0.2, -0.15) is 9.78 Å². The molecule has 0 aliphatic carbocycles. The van der Waals surface area contributed by atoms with Crippen LogP contribution in [0.1, 0.15) is 43.4 Å². The summed E-state index contributed by atoms with van der Waals surface area (Å²) in [5, 5.41) is 5.11. The smallest absolute Gasteiger partial charge is 0.282 e. The highest BCUT2D eigenvalue weighted by Crippen LogP contribution is 2.35. The normalized spacial score (nSPS) is 13.5. The number of carbonyl (C=O) groups is 1. The van der Waals surface area contributed by atoms with Crippen molar-refractivity contribution >= 4 is 23.0 Å². The topological polar surface area (TPSA) is 104 Å². The Balaban J connectivity index is 1.60. The number of carbonyl (C=O) groups excluding carboxylic acids is 1. The van der Waals surface area contributed by atoms with Crippen molar-refractivity contribution in [3.63, 3.8) is 0 Å². The fraction of sp³-hybridized carbons (Fsp3) is 0.353. The van der Waals surface area contributed by atoms with Gasteiger partial charge in [0.25, 0.3) is 11.5 Å². The zero-order chi connectivity index (χ0) is 31.2. The largest absolute Gasteiger partial charge is 0.494 e. The van der Waals surface area contributed by atoms with Crippen LogP contribution >= 0.6 is 0 Å². The lowest BCUT2D eigenvalue weighted by atomic mass is 9.96. The van der Waals surface area contributed by atoms with Gasteiger partial charge in [-0.05, 0) is 67.3 Å². The average molecular weight is 599 g/mol. The van der Waals surface area contributed by atoms with Gasteiger partial charge in [-0.15, -0.1) is 0 Å². The minimum absolute atomic E-state index is 0.147. The van der Waals surface area contributed by atoms with Crippen molar-refractivity contribution < 1.29 is 23.7 Å². The van der Waals surface area contributed by atoms with Gasteiger partial charge in [0, 0.05) is 24.2 Å². The van der Waals surface area contributed by atoms with Crippen LogP contribution in [0.4, 0.5) is 0 Å². The van der Waals surface area contributed by atoms with Crippen molar-refractivity contribution in [2.75, 3.05) is 46.6 Å². The van der Waals surface area contributed by atoms with Crippen LogP contribution in [0, 0.1) is 6.92 Å². The first kappa shape index (κ1) is 30.7. The van der Waals surface area contributed by atoms with E-state index in [0.29, 0.717) is 66.7 Å². The van der Waals surface area contributed by atoms with Gasteiger partial charge in [-0.1, -0.05) is 32.0 Å². The molecule has 1 fully saturated rings. The van der Waals surface area contributed by atoms with Crippen LogP contribution < -0.4 is 19.8 Å². The lowest BCUT2D eigenvalue weighted by molar-refractivity contribution is -0.137. The molecule has 230 valence electrons. The number of fused-ring (bicyclic) bond motifs is 1. The van der Waals surface area contributed by atoms with Crippen LogP contribution in [0.3, 0.4) is 0 Å². The van der Waals surface area contributed by atoms with E-state index in [1.54, 1.807) is 35.2 Å². The number of benzene rings is 3. The van der Waals surface area contributed by atoms with Crippen molar-refractivity contribution in [3.8, 4) is 28.6 Å². The minimum Gasteiger partial charge on any atom is -0.494 e. The molecular weight excluding hydrogens is 560 g/mol. The molecule has 2 heterocycles. The number of nitrogens with zero attached hydrogens (tertiary/aromatic N) is 4. The second kappa shape index (κ2) is 13.7. The zero-order valence-electron chi connectivity index (χ0n) is 25.8. The standard InChI is InChI=1S/C34H38N4O6/c1-6-43-30-18-23(4)27(19-26(30)22(2)3)33-36-28-12-8-7-11-25(28)34(40)38(33)35-20-24-10-9-13-29(41-5)32(24)44-21-31(39)37-14-16-42-17-15-37/h7-13,18-20,22H,6,14-17,21H2,1-5H3. The van der Waals surface area contributed by atoms with Crippen LogP contribution in [0.15, 0.2) is 64.5 Å². The molecule has 10 heteroatoms. The lowest BCUT2D eigenvalue weighted by Gasteiger charge is -2.27. The first-order chi connectivity index (χ1) is 21.3. The van der Waals surface area contributed by atoms with Gasteiger partial charge in [0.1, 0.15) is 5.75 Å². The highest BCUT2D eigenvalue weighted by Gasteiger charge is 2.21. The molecule has 0 bridgehead atoms. The Bertz CT molecular complexity index is 1740. The molecule has 0 spiro atoms. The first-order valence-corrected chi connectivity index (χ1v) is 14.8. The third-order valence-corrected chi connectivity index (χ3v) is 7.52. The first-order valence-electron chi connectivity index (χ1n) is 14.8. The van der Waals surface area contributed by atoms with Crippen molar-refractivity contribution in [1.29, 1.82) is 0 Å². The highest BCUT2D eigenvalue weighted by molar-refractivity contribution is 5.86. The Labute approximate surface area is 256 Å². The third kappa shape index (κ3) is 6.45. The molecule has 3 aromatic carbocycles. The maximum Gasteiger partial charge on any atom is 0.282 e. The molecule has 1 saturated heterocycles. The number of hydrogen-bond acceptors (Lipinski definition) is 8. The molecule has 1 aliphatic rings. The number of aromatic nitrogens is 2. The van der Waals surface area contributed by atoms with Crippen molar-refractivity contribution in [3.05, 3.63) is 81.6 Å². The molecule has 0 N–H and O–H groups in total. The van der Waals surface area contributed by atoms with E-state index < -0.39 is 0 Å². The molecule has 5 rings (SSSR count). The Kier molecular flexibility index (Phi) is 9.59. The molecule has 0 radical (unpaired) electrons. The summed E-state index contributed by atoms with van der Waals surface area (Å²) in [7, 11) is 1.53.